The molecule has 2 fully saturated rings. The second kappa shape index (κ2) is 9.77. The number of hydrogen-bond acceptors (Lipinski definition) is 4. The van der Waals surface area contributed by atoms with Crippen LogP contribution in [-0.4, -0.2) is 45.8 Å². The Labute approximate surface area is 180 Å². The van der Waals surface area contributed by atoms with Gasteiger partial charge in [-0.3, -0.25) is 0 Å². The van der Waals surface area contributed by atoms with E-state index < -0.39 is 10.0 Å². The molecule has 6 heteroatoms. The highest BCUT2D eigenvalue weighted by Gasteiger charge is 2.28. The molecule has 1 unspecified atom stereocenters. The van der Waals surface area contributed by atoms with Crippen LogP contribution in [0.15, 0.2) is 47.4 Å². The van der Waals surface area contributed by atoms with Crippen LogP contribution in [0, 0.1) is 11.8 Å². The summed E-state index contributed by atoms with van der Waals surface area (Å²) in [5.74, 6) is 0.966. The smallest absolute Gasteiger partial charge is 0.243 e. The highest BCUT2D eigenvalue weighted by molar-refractivity contribution is 7.89. The van der Waals surface area contributed by atoms with Crippen LogP contribution in [0.1, 0.15) is 44.9 Å². The molecule has 0 aromatic heterocycles. The van der Waals surface area contributed by atoms with Crippen molar-refractivity contribution in [1.82, 2.24) is 4.31 Å². The van der Waals surface area contributed by atoms with Gasteiger partial charge in [-0.2, -0.15) is 0 Å². The van der Waals surface area contributed by atoms with E-state index in [-0.39, 0.29) is 6.29 Å². The Hall–Kier alpha value is -1.47. The van der Waals surface area contributed by atoms with Gasteiger partial charge in [-0.05, 0) is 68.2 Å². The van der Waals surface area contributed by atoms with Crippen molar-refractivity contribution in [3.63, 3.8) is 0 Å². The Morgan fingerprint density at radius 1 is 0.967 bits per heavy atom. The van der Waals surface area contributed by atoms with Gasteiger partial charge in [0.2, 0.25) is 10.0 Å². The van der Waals surface area contributed by atoms with Gasteiger partial charge in [0.15, 0.2) is 6.29 Å². The maximum Gasteiger partial charge on any atom is 0.243 e. The second-order valence-electron chi connectivity index (χ2n) is 8.78. The second-order valence-corrected chi connectivity index (χ2v) is 10.8. The van der Waals surface area contributed by atoms with Gasteiger partial charge in [-0.25, -0.2) is 12.7 Å². The topological polar surface area (TPSA) is 55.8 Å². The van der Waals surface area contributed by atoms with Gasteiger partial charge >= 0.3 is 0 Å². The van der Waals surface area contributed by atoms with E-state index in [1.807, 2.05) is 36.4 Å². The Morgan fingerprint density at radius 2 is 1.70 bits per heavy atom. The van der Waals surface area contributed by atoms with Crippen molar-refractivity contribution < 1.29 is 17.9 Å². The van der Waals surface area contributed by atoms with E-state index in [2.05, 4.69) is 0 Å². The molecule has 1 heterocycles. The lowest BCUT2D eigenvalue weighted by molar-refractivity contribution is -0.170. The van der Waals surface area contributed by atoms with Crippen LogP contribution in [0.3, 0.4) is 0 Å². The summed E-state index contributed by atoms with van der Waals surface area (Å²) in [7, 11) is -1.80. The summed E-state index contributed by atoms with van der Waals surface area (Å²) < 4.78 is 39.7. The average Bonchev–Trinajstić information content (AvgIpc) is 2.79. The number of rotatable bonds is 7. The number of sulfonamides is 1. The molecule has 30 heavy (non-hydrogen) atoms. The normalized spacial score (nSPS) is 25.6. The molecule has 1 saturated carbocycles. The fraction of sp³-hybridized carbons (Fsp3) is 0.583. The van der Waals surface area contributed by atoms with Gasteiger partial charge in [0, 0.05) is 25.6 Å². The van der Waals surface area contributed by atoms with Crippen LogP contribution in [0.25, 0.3) is 10.8 Å². The molecule has 0 amide bonds. The third-order valence-corrected chi connectivity index (χ3v) is 8.46. The standard InChI is InChI=1S/C24H33NO4S/c1-25(30(26,27)23-10-6-8-21-7-2-3-9-22(21)23)17-19-12-14-20(15-13-19)18-29-24-11-4-5-16-28-24/h2-3,6-10,19-20,24H,4-5,11-18H2,1H3/t19-,20-,24?. The molecule has 5 nitrogen and oxygen atoms in total. The summed E-state index contributed by atoms with van der Waals surface area (Å²) >= 11 is 0. The van der Waals surface area contributed by atoms with Gasteiger partial charge in [0.25, 0.3) is 0 Å². The molecular weight excluding hydrogens is 398 g/mol. The average molecular weight is 432 g/mol. The van der Waals surface area contributed by atoms with Crippen molar-refractivity contribution >= 4 is 20.8 Å². The Balaban J connectivity index is 1.31. The molecule has 2 aromatic rings. The van der Waals surface area contributed by atoms with Gasteiger partial charge in [0.05, 0.1) is 11.5 Å². The first kappa shape index (κ1) is 21.8. The van der Waals surface area contributed by atoms with Crippen LogP contribution in [0.2, 0.25) is 0 Å². The minimum absolute atomic E-state index is 0.0200. The first-order valence-electron chi connectivity index (χ1n) is 11.2. The summed E-state index contributed by atoms with van der Waals surface area (Å²) in [6.45, 7) is 2.15. The molecule has 0 radical (unpaired) electrons. The summed E-state index contributed by atoms with van der Waals surface area (Å²) in [4.78, 5) is 0.401. The zero-order valence-electron chi connectivity index (χ0n) is 17.8. The zero-order valence-corrected chi connectivity index (χ0v) is 18.6. The molecule has 1 saturated heterocycles. The number of fused-ring (bicyclic) bond motifs is 1. The SMILES string of the molecule is CN(C[C@H]1CC[C@H](COC2CCCCO2)CC1)S(=O)(=O)c1cccc2ccccc12. The first-order valence-corrected chi connectivity index (χ1v) is 12.7. The van der Waals surface area contributed by atoms with Crippen molar-refractivity contribution in [2.45, 2.75) is 56.1 Å². The molecule has 2 aliphatic rings. The molecule has 1 aliphatic carbocycles. The third kappa shape index (κ3) is 5.05. The lowest BCUT2D eigenvalue weighted by Gasteiger charge is -2.32. The molecule has 2 aromatic carbocycles. The highest BCUT2D eigenvalue weighted by atomic mass is 32.2. The summed E-state index contributed by atoms with van der Waals surface area (Å²) in [6, 6.07) is 13.2. The highest BCUT2D eigenvalue weighted by Crippen LogP contribution is 2.32. The fourth-order valence-electron chi connectivity index (χ4n) is 4.72. The van der Waals surface area contributed by atoms with E-state index in [4.69, 9.17) is 9.47 Å². The molecule has 164 valence electrons. The molecule has 1 atom stereocenters. The maximum atomic E-state index is 13.3. The van der Waals surface area contributed by atoms with E-state index in [9.17, 15) is 8.42 Å². The van der Waals surface area contributed by atoms with Crippen LogP contribution in [0.5, 0.6) is 0 Å². The fourth-order valence-corrected chi connectivity index (χ4v) is 6.17. The number of nitrogens with zero attached hydrogens (tertiary/aromatic N) is 1. The van der Waals surface area contributed by atoms with Crippen molar-refractivity contribution in [2.75, 3.05) is 26.8 Å². The lowest BCUT2D eigenvalue weighted by atomic mass is 9.82. The number of ether oxygens (including phenoxy) is 2. The largest absolute Gasteiger partial charge is 0.353 e. The van der Waals surface area contributed by atoms with Crippen LogP contribution in [-0.2, 0) is 19.5 Å². The van der Waals surface area contributed by atoms with Crippen molar-refractivity contribution in [3.05, 3.63) is 42.5 Å². The van der Waals surface area contributed by atoms with Crippen molar-refractivity contribution in [3.8, 4) is 0 Å². The molecule has 0 spiro atoms. The van der Waals surface area contributed by atoms with Crippen LogP contribution < -0.4 is 0 Å². The third-order valence-electron chi connectivity index (χ3n) is 6.58. The van der Waals surface area contributed by atoms with E-state index in [1.54, 1.807) is 17.4 Å². The molecule has 1 aliphatic heterocycles. The minimum Gasteiger partial charge on any atom is -0.353 e. The number of benzene rings is 2. The minimum atomic E-state index is -3.51. The molecular formula is C24H33NO4S. The Morgan fingerprint density at radius 3 is 2.47 bits per heavy atom. The summed E-state index contributed by atoms with van der Waals surface area (Å²) in [5.41, 5.74) is 0. The molecule has 0 bridgehead atoms. The predicted octanol–water partition coefficient (Wildman–Crippen LogP) is 4.81. The Bertz CT molecular complexity index is 926. The number of hydrogen-bond donors (Lipinski definition) is 0. The van der Waals surface area contributed by atoms with Gasteiger partial charge in [-0.15, -0.1) is 0 Å². The van der Waals surface area contributed by atoms with E-state index in [0.29, 0.717) is 23.3 Å². The van der Waals surface area contributed by atoms with Crippen LogP contribution in [0.4, 0.5) is 0 Å². The van der Waals surface area contributed by atoms with Crippen molar-refractivity contribution in [2.24, 2.45) is 11.8 Å². The van der Waals surface area contributed by atoms with Crippen LogP contribution >= 0.6 is 0 Å². The summed E-state index contributed by atoms with van der Waals surface area (Å²) in [6.07, 6.45) is 7.61. The van der Waals surface area contributed by atoms with Gasteiger partial charge in [-0.1, -0.05) is 36.4 Å². The monoisotopic (exact) mass is 431 g/mol. The first-order chi connectivity index (χ1) is 14.5. The molecule has 0 N–H and O–H groups in total. The predicted molar refractivity (Wildman–Crippen MR) is 119 cm³/mol. The van der Waals surface area contributed by atoms with E-state index >= 15 is 0 Å². The van der Waals surface area contributed by atoms with Gasteiger partial charge < -0.3 is 9.47 Å². The Kier molecular flexibility index (Phi) is 7.08. The molecule has 4 rings (SSSR count). The van der Waals surface area contributed by atoms with Crippen molar-refractivity contribution in [1.29, 1.82) is 0 Å². The van der Waals surface area contributed by atoms with E-state index in [0.717, 1.165) is 62.5 Å². The van der Waals surface area contributed by atoms with Gasteiger partial charge in [0.1, 0.15) is 0 Å². The quantitative estimate of drug-likeness (QED) is 0.631. The summed E-state index contributed by atoms with van der Waals surface area (Å²) in [5, 5.41) is 1.74. The van der Waals surface area contributed by atoms with E-state index in [1.165, 1.54) is 6.42 Å². The zero-order chi connectivity index (χ0) is 21.0. The lowest BCUT2D eigenvalue weighted by Crippen LogP contribution is -2.34. The maximum absolute atomic E-state index is 13.3.